The number of hydrogen-bond acceptors (Lipinski definition) is 5. The first-order chi connectivity index (χ1) is 8.02. The van der Waals surface area contributed by atoms with Crippen LogP contribution in [0.25, 0.3) is 0 Å². The predicted octanol–water partition coefficient (Wildman–Crippen LogP) is 0.649. The van der Waals surface area contributed by atoms with Crippen molar-refractivity contribution in [1.29, 1.82) is 0 Å². The van der Waals surface area contributed by atoms with Crippen LogP contribution in [0.4, 0.5) is 11.4 Å². The molecule has 0 aromatic heterocycles. The zero-order valence-electron chi connectivity index (χ0n) is 9.56. The van der Waals surface area contributed by atoms with Gasteiger partial charge in [-0.2, -0.15) is 0 Å². The van der Waals surface area contributed by atoms with Crippen molar-refractivity contribution in [3.63, 3.8) is 0 Å². The van der Waals surface area contributed by atoms with Gasteiger partial charge in [0.15, 0.2) is 0 Å². The number of benzene rings is 1. The van der Waals surface area contributed by atoms with Crippen molar-refractivity contribution >= 4 is 11.4 Å². The third kappa shape index (κ3) is 2.37. The van der Waals surface area contributed by atoms with Crippen LogP contribution in [0, 0.1) is 17.0 Å². The third-order valence-corrected chi connectivity index (χ3v) is 2.94. The van der Waals surface area contributed by atoms with Gasteiger partial charge in [-0.05, 0) is 13.0 Å². The summed E-state index contributed by atoms with van der Waals surface area (Å²) in [5, 5.41) is 26.7. The summed E-state index contributed by atoms with van der Waals surface area (Å²) in [4.78, 5) is 10.5. The van der Waals surface area contributed by atoms with E-state index in [1.165, 1.54) is 0 Å². The van der Waals surface area contributed by atoms with E-state index in [1.54, 1.807) is 25.1 Å². The smallest absolute Gasteiger partial charge is 0.295 e. The normalized spacial score (nSPS) is 17.3. The van der Waals surface area contributed by atoms with Crippen LogP contribution in [0.3, 0.4) is 0 Å². The number of β-amino-alcohol motifs (C(OH)–C–C–N with tert-alkyl or cyclic N) is 1. The number of rotatable bonds is 4. The first-order valence-corrected chi connectivity index (χ1v) is 5.43. The third-order valence-electron chi connectivity index (χ3n) is 2.94. The Morgan fingerprint density at radius 1 is 1.59 bits per heavy atom. The molecule has 6 nitrogen and oxygen atoms in total. The second-order valence-electron chi connectivity index (χ2n) is 4.41. The highest BCUT2D eigenvalue weighted by atomic mass is 16.6. The average Bonchev–Trinajstić information content (AvgIpc) is 2.23. The number of nitro groups is 1. The Bertz CT molecular complexity index is 444. The van der Waals surface area contributed by atoms with Crippen molar-refractivity contribution in [2.24, 2.45) is 0 Å². The second-order valence-corrected chi connectivity index (χ2v) is 4.41. The van der Waals surface area contributed by atoms with Crippen LogP contribution in [0.1, 0.15) is 5.56 Å². The lowest BCUT2D eigenvalue weighted by Gasteiger charge is -2.37. The number of anilines is 1. The van der Waals surface area contributed by atoms with Gasteiger partial charge in [0.1, 0.15) is 11.3 Å². The van der Waals surface area contributed by atoms with Crippen LogP contribution < -0.4 is 10.6 Å². The lowest BCUT2D eigenvalue weighted by atomic mass is 9.97. The van der Waals surface area contributed by atoms with E-state index in [2.05, 4.69) is 10.6 Å². The monoisotopic (exact) mass is 237 g/mol. The highest BCUT2D eigenvalue weighted by Gasteiger charge is 2.34. The highest BCUT2D eigenvalue weighted by molar-refractivity contribution is 5.65. The van der Waals surface area contributed by atoms with E-state index in [4.69, 9.17) is 0 Å². The molecular formula is C11H15N3O3. The predicted molar refractivity (Wildman–Crippen MR) is 64.1 cm³/mol. The number of para-hydroxylation sites is 1. The molecule has 6 heteroatoms. The minimum absolute atomic E-state index is 0.0726. The van der Waals surface area contributed by atoms with Crippen molar-refractivity contribution in [3.8, 4) is 0 Å². The van der Waals surface area contributed by atoms with Crippen LogP contribution in [0.5, 0.6) is 0 Å². The maximum absolute atomic E-state index is 10.9. The summed E-state index contributed by atoms with van der Waals surface area (Å²) in [6, 6.07) is 5.11. The highest BCUT2D eigenvalue weighted by Crippen LogP contribution is 2.28. The molecule has 2 rings (SSSR count). The maximum atomic E-state index is 10.9. The van der Waals surface area contributed by atoms with Gasteiger partial charge in [0.2, 0.25) is 0 Å². The topological polar surface area (TPSA) is 87.4 Å². The Morgan fingerprint density at radius 3 is 2.82 bits per heavy atom. The molecule has 1 aliphatic heterocycles. The minimum Gasteiger partial charge on any atom is -0.385 e. The first-order valence-electron chi connectivity index (χ1n) is 5.43. The number of nitrogens with one attached hydrogen (secondary N) is 2. The molecule has 0 radical (unpaired) electrons. The van der Waals surface area contributed by atoms with E-state index in [-0.39, 0.29) is 5.69 Å². The lowest BCUT2D eigenvalue weighted by molar-refractivity contribution is -0.384. The van der Waals surface area contributed by atoms with Gasteiger partial charge in [0.05, 0.1) is 4.92 Å². The second kappa shape index (κ2) is 4.31. The Hall–Kier alpha value is -1.66. The molecule has 0 spiro atoms. The van der Waals surface area contributed by atoms with Gasteiger partial charge in [-0.1, -0.05) is 12.1 Å². The fourth-order valence-electron chi connectivity index (χ4n) is 1.84. The summed E-state index contributed by atoms with van der Waals surface area (Å²) in [6.07, 6.45) is 0. The van der Waals surface area contributed by atoms with Gasteiger partial charge in [-0.3, -0.25) is 10.1 Å². The maximum Gasteiger partial charge on any atom is 0.295 e. The Labute approximate surface area is 98.8 Å². The van der Waals surface area contributed by atoms with Gasteiger partial charge in [-0.15, -0.1) is 0 Å². The summed E-state index contributed by atoms with van der Waals surface area (Å²) < 4.78 is 0. The fourth-order valence-corrected chi connectivity index (χ4v) is 1.84. The largest absolute Gasteiger partial charge is 0.385 e. The van der Waals surface area contributed by atoms with E-state index >= 15 is 0 Å². The van der Waals surface area contributed by atoms with Crippen LogP contribution in [-0.2, 0) is 0 Å². The van der Waals surface area contributed by atoms with Crippen molar-refractivity contribution in [2.45, 2.75) is 12.5 Å². The number of aryl methyl sites for hydroxylation is 1. The average molecular weight is 237 g/mol. The molecule has 0 amide bonds. The molecule has 17 heavy (non-hydrogen) atoms. The standard InChI is InChI=1S/C11H15N3O3/c1-8-3-2-4-9(10(8)14(16)17)13-7-11(15)5-12-6-11/h2-4,12-13,15H,5-7H2,1H3. The molecule has 1 fully saturated rings. The number of aliphatic hydroxyl groups is 1. The summed E-state index contributed by atoms with van der Waals surface area (Å²) in [6.45, 7) is 3.03. The number of nitro benzene ring substituents is 1. The molecule has 1 heterocycles. The first kappa shape index (κ1) is 11.8. The van der Waals surface area contributed by atoms with Gasteiger partial charge in [-0.25, -0.2) is 0 Å². The molecular weight excluding hydrogens is 222 g/mol. The number of nitrogens with zero attached hydrogens (tertiary/aromatic N) is 1. The number of hydrogen-bond donors (Lipinski definition) is 3. The SMILES string of the molecule is Cc1cccc(NCC2(O)CNC2)c1[N+](=O)[O-]. The summed E-state index contributed by atoms with van der Waals surface area (Å²) in [5.74, 6) is 0. The molecule has 0 saturated carbocycles. The van der Waals surface area contributed by atoms with Crippen LogP contribution in [-0.4, -0.2) is 35.3 Å². The van der Waals surface area contributed by atoms with Crippen LogP contribution in [0.15, 0.2) is 18.2 Å². The Morgan fingerprint density at radius 2 is 2.29 bits per heavy atom. The Kier molecular flexibility index (Phi) is 2.99. The Balaban J connectivity index is 2.15. The molecule has 1 aromatic rings. The summed E-state index contributed by atoms with van der Waals surface area (Å²) in [5.41, 5.74) is 0.342. The van der Waals surface area contributed by atoms with Gasteiger partial charge in [0.25, 0.3) is 5.69 Å². The zero-order chi connectivity index (χ0) is 12.5. The van der Waals surface area contributed by atoms with Crippen molar-refractivity contribution < 1.29 is 10.0 Å². The summed E-state index contributed by atoms with van der Waals surface area (Å²) in [7, 11) is 0. The summed E-state index contributed by atoms with van der Waals surface area (Å²) >= 11 is 0. The van der Waals surface area contributed by atoms with E-state index in [0.29, 0.717) is 30.9 Å². The molecule has 0 unspecified atom stereocenters. The molecule has 1 aliphatic rings. The molecule has 1 aromatic carbocycles. The van der Waals surface area contributed by atoms with Crippen molar-refractivity contribution in [1.82, 2.24) is 5.32 Å². The molecule has 0 bridgehead atoms. The minimum atomic E-state index is -0.794. The van der Waals surface area contributed by atoms with Crippen LogP contribution in [0.2, 0.25) is 0 Å². The molecule has 0 aliphatic carbocycles. The van der Waals surface area contributed by atoms with Gasteiger partial charge < -0.3 is 15.7 Å². The van der Waals surface area contributed by atoms with E-state index in [9.17, 15) is 15.2 Å². The lowest BCUT2D eigenvalue weighted by Crippen LogP contribution is -2.63. The molecule has 0 atom stereocenters. The molecule has 92 valence electrons. The van der Waals surface area contributed by atoms with Crippen molar-refractivity contribution in [2.75, 3.05) is 25.0 Å². The zero-order valence-corrected chi connectivity index (χ0v) is 9.56. The van der Waals surface area contributed by atoms with Crippen molar-refractivity contribution in [3.05, 3.63) is 33.9 Å². The van der Waals surface area contributed by atoms with Gasteiger partial charge in [0, 0.05) is 25.2 Å². The van der Waals surface area contributed by atoms with E-state index < -0.39 is 10.5 Å². The molecule has 1 saturated heterocycles. The molecule has 3 N–H and O–H groups in total. The quantitative estimate of drug-likeness (QED) is 0.528. The van der Waals surface area contributed by atoms with Gasteiger partial charge >= 0.3 is 0 Å². The van der Waals surface area contributed by atoms with Crippen LogP contribution >= 0.6 is 0 Å². The van der Waals surface area contributed by atoms with E-state index in [0.717, 1.165) is 0 Å². The fraction of sp³-hybridized carbons (Fsp3) is 0.455. The van der Waals surface area contributed by atoms with E-state index in [1.807, 2.05) is 0 Å².